The number of rotatable bonds is 7. The number of anilines is 1. The van der Waals surface area contributed by atoms with Crippen molar-refractivity contribution in [1.29, 1.82) is 0 Å². The van der Waals surface area contributed by atoms with E-state index in [4.69, 9.17) is 17.3 Å². The molecule has 2 aromatic carbocycles. The van der Waals surface area contributed by atoms with Gasteiger partial charge in [-0.1, -0.05) is 42.2 Å². The van der Waals surface area contributed by atoms with Crippen molar-refractivity contribution in [2.45, 2.75) is 12.8 Å². The van der Waals surface area contributed by atoms with E-state index in [1.807, 2.05) is 0 Å². The van der Waals surface area contributed by atoms with Gasteiger partial charge in [-0.25, -0.2) is 9.18 Å². The van der Waals surface area contributed by atoms with Crippen LogP contribution in [0.3, 0.4) is 0 Å². The molecule has 1 heterocycles. The van der Waals surface area contributed by atoms with Crippen LogP contribution < -0.4 is 5.32 Å². The van der Waals surface area contributed by atoms with Gasteiger partial charge < -0.3 is 15.5 Å². The first-order chi connectivity index (χ1) is 14.8. The molecule has 0 bridgehead atoms. The van der Waals surface area contributed by atoms with E-state index in [1.54, 1.807) is 18.2 Å². The summed E-state index contributed by atoms with van der Waals surface area (Å²) in [6.07, 6.45) is 1.85. The lowest BCUT2D eigenvalue weighted by Gasteiger charge is -2.14. The van der Waals surface area contributed by atoms with Crippen LogP contribution in [0.1, 0.15) is 28.8 Å². The number of thioether (sulfide) groups is 1. The highest BCUT2D eigenvalue weighted by Gasteiger charge is 2.31. The molecule has 2 amide bonds. The number of halogens is 1. The Morgan fingerprint density at radius 1 is 1.23 bits per heavy atom. The summed E-state index contributed by atoms with van der Waals surface area (Å²) in [7, 11) is 0. The molecule has 7 nitrogen and oxygen atoms in total. The number of carboxylic acid groups (broad SMARTS) is 1. The van der Waals surface area contributed by atoms with Gasteiger partial charge in [0.1, 0.15) is 21.5 Å². The van der Waals surface area contributed by atoms with E-state index in [1.165, 1.54) is 29.2 Å². The van der Waals surface area contributed by atoms with Crippen LogP contribution >= 0.6 is 24.0 Å². The number of carbonyl (C=O) groups excluding carboxylic acids is 2. The molecule has 3 N–H and O–H groups in total. The van der Waals surface area contributed by atoms with Gasteiger partial charge >= 0.3 is 5.97 Å². The number of benzene rings is 2. The first-order valence-corrected chi connectivity index (χ1v) is 10.3. The topological polar surface area (TPSA) is 107 Å². The summed E-state index contributed by atoms with van der Waals surface area (Å²) in [6.45, 7) is 0.218. The summed E-state index contributed by atoms with van der Waals surface area (Å²) in [5.41, 5.74) is 0.279. The van der Waals surface area contributed by atoms with E-state index in [-0.39, 0.29) is 36.0 Å². The van der Waals surface area contributed by atoms with E-state index in [0.717, 1.165) is 17.8 Å². The maximum Gasteiger partial charge on any atom is 0.339 e. The molecule has 160 valence electrons. The summed E-state index contributed by atoms with van der Waals surface area (Å²) >= 11 is 6.31. The van der Waals surface area contributed by atoms with Crippen LogP contribution in [0.5, 0.6) is 5.75 Å². The highest BCUT2D eigenvalue weighted by atomic mass is 32.2. The molecule has 31 heavy (non-hydrogen) atoms. The average molecular weight is 461 g/mol. The molecule has 0 aromatic heterocycles. The maximum atomic E-state index is 13.8. The molecule has 1 saturated heterocycles. The lowest BCUT2D eigenvalue weighted by atomic mass is 10.1. The van der Waals surface area contributed by atoms with Gasteiger partial charge in [-0.05, 0) is 30.7 Å². The SMILES string of the molecule is O=C(CCCN1C(=O)/C(=C/c2ccccc2F)SC1=S)Nc1ccc(C(=O)O)c(O)c1. The van der Waals surface area contributed by atoms with Gasteiger partial charge in [-0.2, -0.15) is 0 Å². The highest BCUT2D eigenvalue weighted by Crippen LogP contribution is 2.33. The smallest absolute Gasteiger partial charge is 0.339 e. The molecule has 0 spiro atoms. The van der Waals surface area contributed by atoms with Crippen LogP contribution in [-0.4, -0.2) is 43.8 Å². The molecule has 0 unspecified atom stereocenters. The number of aromatic hydroxyl groups is 1. The van der Waals surface area contributed by atoms with Gasteiger partial charge in [0, 0.05) is 30.3 Å². The van der Waals surface area contributed by atoms with Crippen molar-refractivity contribution >= 4 is 57.8 Å². The van der Waals surface area contributed by atoms with Crippen LogP contribution in [0.25, 0.3) is 6.08 Å². The maximum absolute atomic E-state index is 13.8. The first-order valence-electron chi connectivity index (χ1n) is 9.12. The second kappa shape index (κ2) is 9.71. The summed E-state index contributed by atoms with van der Waals surface area (Å²) in [6, 6.07) is 9.81. The van der Waals surface area contributed by atoms with Crippen LogP contribution in [0.4, 0.5) is 10.1 Å². The summed E-state index contributed by atoms with van der Waals surface area (Å²) in [5, 5.41) is 21.1. The number of hydrogen-bond donors (Lipinski definition) is 3. The molecular formula is C21H17FN2O5S2. The lowest BCUT2D eigenvalue weighted by Crippen LogP contribution is -2.29. The van der Waals surface area contributed by atoms with Crippen molar-refractivity contribution in [3.05, 3.63) is 64.3 Å². The van der Waals surface area contributed by atoms with E-state index in [9.17, 15) is 23.9 Å². The third-order valence-electron chi connectivity index (χ3n) is 4.36. The van der Waals surface area contributed by atoms with E-state index in [0.29, 0.717) is 21.2 Å². The normalized spacial score (nSPS) is 14.9. The monoisotopic (exact) mass is 460 g/mol. The number of amides is 2. The number of phenols is 1. The van der Waals surface area contributed by atoms with Crippen LogP contribution in [0, 0.1) is 5.82 Å². The molecule has 0 atom stereocenters. The quantitative estimate of drug-likeness (QED) is 0.426. The molecule has 1 fully saturated rings. The molecule has 3 rings (SSSR count). The fraction of sp³-hybridized carbons (Fsp3) is 0.143. The number of hydrogen-bond acceptors (Lipinski definition) is 6. The van der Waals surface area contributed by atoms with Gasteiger partial charge in [0.05, 0.1) is 4.91 Å². The van der Waals surface area contributed by atoms with Gasteiger partial charge in [0.2, 0.25) is 5.91 Å². The molecule has 10 heteroatoms. The van der Waals surface area contributed by atoms with Crippen molar-refractivity contribution in [3.8, 4) is 5.75 Å². The Labute approximate surface area is 186 Å². The van der Waals surface area contributed by atoms with Gasteiger partial charge in [-0.15, -0.1) is 0 Å². The second-order valence-electron chi connectivity index (χ2n) is 6.54. The fourth-order valence-electron chi connectivity index (χ4n) is 2.84. The summed E-state index contributed by atoms with van der Waals surface area (Å²) in [4.78, 5) is 37.3. The predicted molar refractivity (Wildman–Crippen MR) is 119 cm³/mol. The molecule has 0 aliphatic carbocycles. The number of nitrogens with one attached hydrogen (secondary N) is 1. The highest BCUT2D eigenvalue weighted by molar-refractivity contribution is 8.26. The zero-order chi connectivity index (χ0) is 22.5. The van der Waals surface area contributed by atoms with Crippen molar-refractivity contribution in [3.63, 3.8) is 0 Å². The number of carbonyl (C=O) groups is 3. The fourth-order valence-corrected chi connectivity index (χ4v) is 4.14. The second-order valence-corrected chi connectivity index (χ2v) is 8.22. The minimum absolute atomic E-state index is 0.0743. The number of nitrogens with zero attached hydrogens (tertiary/aromatic N) is 1. The first kappa shape index (κ1) is 22.4. The van der Waals surface area contributed by atoms with E-state index >= 15 is 0 Å². The van der Waals surface area contributed by atoms with Gasteiger partial charge in [-0.3, -0.25) is 14.5 Å². The molecule has 0 radical (unpaired) electrons. The largest absolute Gasteiger partial charge is 0.507 e. The van der Waals surface area contributed by atoms with Crippen molar-refractivity contribution < 1.29 is 29.0 Å². The average Bonchev–Trinajstić information content (AvgIpc) is 2.97. The number of carboxylic acids is 1. The van der Waals surface area contributed by atoms with Gasteiger partial charge in [0.15, 0.2) is 0 Å². The van der Waals surface area contributed by atoms with Crippen LogP contribution in [-0.2, 0) is 9.59 Å². The third-order valence-corrected chi connectivity index (χ3v) is 5.74. The zero-order valence-corrected chi connectivity index (χ0v) is 17.6. The van der Waals surface area contributed by atoms with Crippen LogP contribution in [0.2, 0.25) is 0 Å². The molecular weight excluding hydrogens is 443 g/mol. The van der Waals surface area contributed by atoms with Crippen LogP contribution in [0.15, 0.2) is 47.4 Å². The van der Waals surface area contributed by atoms with Crippen molar-refractivity contribution in [2.24, 2.45) is 0 Å². The lowest BCUT2D eigenvalue weighted by molar-refractivity contribution is -0.122. The minimum atomic E-state index is -1.28. The number of aromatic carboxylic acids is 1. The van der Waals surface area contributed by atoms with E-state index in [2.05, 4.69) is 5.32 Å². The zero-order valence-electron chi connectivity index (χ0n) is 16.0. The van der Waals surface area contributed by atoms with E-state index < -0.39 is 17.5 Å². The summed E-state index contributed by atoms with van der Waals surface area (Å²) < 4.78 is 14.2. The number of thiocarbonyl (C=S) groups is 1. The Morgan fingerprint density at radius 2 is 1.97 bits per heavy atom. The standard InChI is InChI=1S/C21H17FN2O5S2/c22-15-5-2-1-4-12(15)10-17-19(27)24(21(30)31-17)9-3-6-18(26)23-13-7-8-14(20(28)29)16(25)11-13/h1-2,4-5,7-8,10-11,25H,3,6,9H2,(H,23,26)(H,28,29)/b17-10-. The molecule has 1 aliphatic heterocycles. The third kappa shape index (κ3) is 5.47. The Morgan fingerprint density at radius 3 is 2.65 bits per heavy atom. The molecule has 2 aromatic rings. The molecule has 1 aliphatic rings. The Balaban J connectivity index is 1.54. The van der Waals surface area contributed by atoms with Gasteiger partial charge in [0.25, 0.3) is 5.91 Å². The minimum Gasteiger partial charge on any atom is -0.507 e. The Hall–Kier alpha value is -3.24. The van der Waals surface area contributed by atoms with Crippen molar-refractivity contribution in [1.82, 2.24) is 4.90 Å². The molecule has 0 saturated carbocycles. The Kier molecular flexibility index (Phi) is 7.03. The summed E-state index contributed by atoms with van der Waals surface area (Å²) in [5.74, 6) is -2.87. The van der Waals surface area contributed by atoms with Crippen molar-refractivity contribution in [2.75, 3.05) is 11.9 Å². The Bertz CT molecular complexity index is 1100. The predicted octanol–water partition coefficient (Wildman–Crippen LogP) is 3.85.